The van der Waals surface area contributed by atoms with Gasteiger partial charge in [0.15, 0.2) is 10.9 Å². The molecule has 0 N–H and O–H groups in total. The monoisotopic (exact) mass is 468 g/mol. The molecule has 2 heterocycles. The van der Waals surface area contributed by atoms with Crippen molar-refractivity contribution in [2.45, 2.75) is 37.1 Å². The maximum atomic E-state index is 13.7. The highest BCUT2D eigenvalue weighted by molar-refractivity contribution is 8.00. The van der Waals surface area contributed by atoms with Crippen LogP contribution in [0.1, 0.15) is 42.6 Å². The number of nitrogens with zero attached hydrogens (tertiary/aromatic N) is 4. The topological polar surface area (TPSA) is 69.3 Å². The minimum atomic E-state index is -0.378. The van der Waals surface area contributed by atoms with Gasteiger partial charge in [-0.05, 0) is 36.6 Å². The number of carbonyl (C=O) groups excluding carboxylic acids is 1. The van der Waals surface area contributed by atoms with Crippen molar-refractivity contribution in [1.82, 2.24) is 19.2 Å². The second-order valence-electron chi connectivity index (χ2n) is 8.48. The summed E-state index contributed by atoms with van der Waals surface area (Å²) in [5.74, 6) is 0.665. The fourth-order valence-corrected chi connectivity index (χ4v) is 5.13. The van der Waals surface area contributed by atoms with E-state index in [1.807, 2.05) is 90.2 Å². The third kappa shape index (κ3) is 3.72. The van der Waals surface area contributed by atoms with E-state index in [2.05, 4.69) is 24.0 Å². The Morgan fingerprint density at radius 2 is 1.53 bits per heavy atom. The average molecular weight is 469 g/mol. The molecule has 0 aliphatic rings. The van der Waals surface area contributed by atoms with E-state index < -0.39 is 0 Å². The molecule has 0 amide bonds. The molecule has 3 aromatic carbocycles. The number of hydrogen-bond acceptors (Lipinski definition) is 5. The van der Waals surface area contributed by atoms with Crippen LogP contribution in [0.3, 0.4) is 0 Å². The molecule has 0 saturated carbocycles. The number of hydrogen-bond donors (Lipinski definition) is 0. The van der Waals surface area contributed by atoms with E-state index in [1.165, 1.54) is 11.8 Å². The Morgan fingerprint density at radius 3 is 2.29 bits per heavy atom. The first kappa shape index (κ1) is 22.1. The van der Waals surface area contributed by atoms with Crippen molar-refractivity contribution in [3.8, 4) is 5.69 Å². The fourth-order valence-electron chi connectivity index (χ4n) is 4.20. The number of rotatable bonds is 6. The summed E-state index contributed by atoms with van der Waals surface area (Å²) in [4.78, 5) is 26.7. The van der Waals surface area contributed by atoms with Crippen LogP contribution in [0.4, 0.5) is 0 Å². The van der Waals surface area contributed by atoms with Crippen molar-refractivity contribution in [3.05, 3.63) is 100 Å². The smallest absolute Gasteiger partial charge is 0.267 e. The number of para-hydroxylation sites is 2. The Hall–Kier alpha value is -3.71. The Labute approximate surface area is 201 Å². The molecule has 1 unspecified atom stereocenters. The molecule has 5 aromatic rings. The molecule has 0 fully saturated rings. The van der Waals surface area contributed by atoms with E-state index in [9.17, 15) is 9.59 Å². The van der Waals surface area contributed by atoms with Gasteiger partial charge in [-0.1, -0.05) is 86.3 Å². The summed E-state index contributed by atoms with van der Waals surface area (Å²) >= 11 is 1.34. The molecule has 0 radical (unpaired) electrons. The zero-order valence-corrected chi connectivity index (χ0v) is 20.0. The lowest BCUT2D eigenvalue weighted by Gasteiger charge is -2.17. The molecule has 34 heavy (non-hydrogen) atoms. The molecule has 0 spiro atoms. The summed E-state index contributed by atoms with van der Waals surface area (Å²) in [6, 6.07) is 24.6. The highest BCUT2D eigenvalue weighted by Crippen LogP contribution is 2.29. The standard InChI is InChI=1S/C27H24N4O2S/c1-17(2)20-13-7-9-15-22(20)30-25(33)21-14-8-10-16-23(21)31-26(30)28-29-27(31)34-18(3)24(32)19-11-5-4-6-12-19/h4-18H,1-3H3. The highest BCUT2D eigenvalue weighted by atomic mass is 32.2. The van der Waals surface area contributed by atoms with E-state index >= 15 is 0 Å². The van der Waals surface area contributed by atoms with Crippen LogP contribution in [-0.2, 0) is 0 Å². The van der Waals surface area contributed by atoms with Gasteiger partial charge in [0.25, 0.3) is 5.56 Å². The van der Waals surface area contributed by atoms with Crippen LogP contribution < -0.4 is 5.56 Å². The molecule has 1 atom stereocenters. The van der Waals surface area contributed by atoms with Crippen LogP contribution in [0.5, 0.6) is 0 Å². The zero-order valence-electron chi connectivity index (χ0n) is 19.2. The second kappa shape index (κ2) is 8.91. The van der Waals surface area contributed by atoms with Crippen molar-refractivity contribution in [1.29, 1.82) is 0 Å². The van der Waals surface area contributed by atoms with Crippen molar-refractivity contribution >= 4 is 34.2 Å². The third-order valence-corrected chi connectivity index (χ3v) is 6.95. The molecule has 2 aromatic heterocycles. The van der Waals surface area contributed by atoms with Gasteiger partial charge in [-0.15, -0.1) is 10.2 Å². The predicted octanol–water partition coefficient (Wildman–Crippen LogP) is 5.52. The van der Waals surface area contributed by atoms with Gasteiger partial charge in [0, 0.05) is 5.56 Å². The maximum absolute atomic E-state index is 13.7. The van der Waals surface area contributed by atoms with Gasteiger partial charge in [0.2, 0.25) is 5.78 Å². The summed E-state index contributed by atoms with van der Waals surface area (Å²) in [5.41, 5.74) is 3.06. The fraction of sp³-hybridized carbons (Fsp3) is 0.185. The maximum Gasteiger partial charge on any atom is 0.267 e. The molecule has 0 aliphatic heterocycles. The Kier molecular flexibility index (Phi) is 5.79. The molecule has 7 heteroatoms. The first-order valence-electron chi connectivity index (χ1n) is 11.2. The van der Waals surface area contributed by atoms with Crippen LogP contribution in [0.15, 0.2) is 88.8 Å². The predicted molar refractivity (Wildman–Crippen MR) is 136 cm³/mol. The molecular weight excluding hydrogens is 444 g/mol. The summed E-state index contributed by atoms with van der Waals surface area (Å²) in [5, 5.41) is 9.62. The zero-order chi connectivity index (χ0) is 23.8. The number of carbonyl (C=O) groups is 1. The summed E-state index contributed by atoms with van der Waals surface area (Å²) in [6.45, 7) is 6.07. The average Bonchev–Trinajstić information content (AvgIpc) is 3.27. The van der Waals surface area contributed by atoms with Gasteiger partial charge in [0.1, 0.15) is 0 Å². The van der Waals surface area contributed by atoms with E-state index in [0.717, 1.165) is 11.3 Å². The minimum Gasteiger partial charge on any atom is -0.293 e. The van der Waals surface area contributed by atoms with Gasteiger partial charge in [0.05, 0.1) is 21.8 Å². The molecule has 0 bridgehead atoms. The molecule has 5 rings (SSSR count). The number of aromatic nitrogens is 4. The summed E-state index contributed by atoms with van der Waals surface area (Å²) in [6.07, 6.45) is 0. The lowest BCUT2D eigenvalue weighted by molar-refractivity contribution is 0.0994. The van der Waals surface area contributed by atoms with Crippen LogP contribution in [-0.4, -0.2) is 30.2 Å². The number of Topliss-reactive ketones (excluding diaryl/α,β-unsaturated/α-hetero) is 1. The second-order valence-corrected chi connectivity index (χ2v) is 9.79. The van der Waals surface area contributed by atoms with Gasteiger partial charge in [-0.25, -0.2) is 4.57 Å². The highest BCUT2D eigenvalue weighted by Gasteiger charge is 2.23. The SMILES string of the molecule is CC(Sc1nnc2n(-c3ccccc3C(C)C)c(=O)c3ccccc3n12)C(=O)c1ccccc1. The van der Waals surface area contributed by atoms with Crippen LogP contribution in [0.25, 0.3) is 22.4 Å². The van der Waals surface area contributed by atoms with Crippen LogP contribution in [0, 0.1) is 0 Å². The third-order valence-electron chi connectivity index (χ3n) is 5.90. The Morgan fingerprint density at radius 1 is 0.853 bits per heavy atom. The number of thioether (sulfide) groups is 1. The summed E-state index contributed by atoms with van der Waals surface area (Å²) in [7, 11) is 0. The van der Waals surface area contributed by atoms with E-state index in [-0.39, 0.29) is 22.5 Å². The lowest BCUT2D eigenvalue weighted by Crippen LogP contribution is -2.23. The van der Waals surface area contributed by atoms with E-state index in [1.54, 1.807) is 4.57 Å². The Balaban J connectivity index is 1.72. The van der Waals surface area contributed by atoms with Crippen molar-refractivity contribution in [3.63, 3.8) is 0 Å². The van der Waals surface area contributed by atoms with Crippen molar-refractivity contribution in [2.24, 2.45) is 0 Å². The number of ketones is 1. The largest absolute Gasteiger partial charge is 0.293 e. The van der Waals surface area contributed by atoms with Crippen LogP contribution >= 0.6 is 11.8 Å². The minimum absolute atomic E-state index is 0.0186. The first-order valence-corrected chi connectivity index (χ1v) is 12.1. The van der Waals surface area contributed by atoms with Gasteiger partial charge in [-0.2, -0.15) is 0 Å². The van der Waals surface area contributed by atoms with Gasteiger partial charge in [-0.3, -0.25) is 14.0 Å². The quantitative estimate of drug-likeness (QED) is 0.242. The molecule has 170 valence electrons. The Bertz CT molecular complexity index is 1570. The normalized spacial score (nSPS) is 12.5. The molecule has 0 saturated heterocycles. The molecule has 6 nitrogen and oxygen atoms in total. The van der Waals surface area contributed by atoms with E-state index in [0.29, 0.717) is 27.4 Å². The van der Waals surface area contributed by atoms with Crippen molar-refractivity contribution < 1.29 is 4.79 Å². The molecule has 0 aliphatic carbocycles. The van der Waals surface area contributed by atoms with E-state index in [4.69, 9.17) is 0 Å². The number of benzene rings is 3. The summed E-state index contributed by atoms with van der Waals surface area (Å²) < 4.78 is 3.52. The van der Waals surface area contributed by atoms with Gasteiger partial charge >= 0.3 is 0 Å². The number of fused-ring (bicyclic) bond motifs is 3. The molecular formula is C27H24N4O2S. The van der Waals surface area contributed by atoms with Crippen LogP contribution in [0.2, 0.25) is 0 Å². The van der Waals surface area contributed by atoms with Gasteiger partial charge < -0.3 is 0 Å². The lowest BCUT2D eigenvalue weighted by atomic mass is 10.0. The first-order chi connectivity index (χ1) is 16.5. The van der Waals surface area contributed by atoms with Crippen molar-refractivity contribution in [2.75, 3.05) is 0 Å².